The molecule has 2 amide bonds. The Morgan fingerprint density at radius 1 is 0.818 bits per heavy atom. The maximum absolute atomic E-state index is 13.4. The van der Waals surface area contributed by atoms with E-state index in [9.17, 15) is 14.9 Å². The normalized spacial score (nSPS) is 21.1. The lowest BCUT2D eigenvalue weighted by molar-refractivity contribution is -0.164. The molecule has 2 atom stereocenters. The van der Waals surface area contributed by atoms with Crippen molar-refractivity contribution in [2.45, 2.75) is 65.8 Å². The number of anilines is 2. The molecule has 0 radical (unpaired) electrons. The quantitative estimate of drug-likeness (QED) is 0.102. The number of aromatic nitrogens is 3. The van der Waals surface area contributed by atoms with Crippen LogP contribution >= 0.6 is 11.6 Å². The van der Waals surface area contributed by atoms with Crippen molar-refractivity contribution in [3.8, 4) is 28.8 Å². The van der Waals surface area contributed by atoms with E-state index in [2.05, 4.69) is 68.0 Å². The Balaban J connectivity index is 0.797. The highest BCUT2D eigenvalue weighted by Gasteiger charge is 2.64. The average molecular weight is 918 g/mol. The molecule has 2 saturated heterocycles. The highest BCUT2D eigenvalue weighted by molar-refractivity contribution is 6.31. The van der Waals surface area contributed by atoms with Crippen LogP contribution in [0.5, 0.6) is 11.5 Å². The number of halogens is 1. The van der Waals surface area contributed by atoms with Crippen LogP contribution in [-0.4, -0.2) is 117 Å². The molecule has 15 nitrogen and oxygen atoms in total. The van der Waals surface area contributed by atoms with Gasteiger partial charge in [0, 0.05) is 59.3 Å². The number of fused-ring (bicyclic) bond motifs is 1. The number of rotatable bonds is 15. The molecule has 16 heteroatoms. The lowest BCUT2D eigenvalue weighted by atomic mass is 9.49. The van der Waals surface area contributed by atoms with Crippen LogP contribution in [0.4, 0.5) is 11.8 Å². The van der Waals surface area contributed by atoms with Gasteiger partial charge in [0.15, 0.2) is 5.65 Å². The minimum atomic E-state index is -0.383. The highest BCUT2D eigenvalue weighted by atomic mass is 35.5. The molecular formula is C50H57ClN8O7. The monoisotopic (exact) mass is 916 g/mol. The van der Waals surface area contributed by atoms with Crippen LogP contribution in [0.15, 0.2) is 78.9 Å². The van der Waals surface area contributed by atoms with E-state index in [1.165, 1.54) is 0 Å². The number of hydrogen-bond donors (Lipinski definition) is 2. The van der Waals surface area contributed by atoms with Crippen molar-refractivity contribution in [1.29, 1.82) is 5.26 Å². The van der Waals surface area contributed by atoms with Crippen LogP contribution in [0.3, 0.4) is 0 Å². The fourth-order valence-electron chi connectivity index (χ4n) is 9.55. The molecule has 1 aliphatic carbocycles. The fraction of sp³-hybridized carbons (Fsp3) is 0.440. The van der Waals surface area contributed by atoms with Gasteiger partial charge in [-0.3, -0.25) is 9.59 Å². The number of nitrogens with zero attached hydrogens (tertiary/aromatic N) is 6. The maximum Gasteiger partial charge on any atom is 0.251 e. The third-order valence-corrected chi connectivity index (χ3v) is 13.1. The second kappa shape index (κ2) is 19.8. The Morgan fingerprint density at radius 3 is 2.23 bits per heavy atom. The SMILES string of the molecule is C[C@@H]1COCCN1c1nc(N2CCOC[C@H]2C)c2ccc(-c3cccc(C(=O)NCCOCCOc4ccc(C(=O)NC5C(C)(C)C(Oc6ccc(C#N)c(Cl)c6)C5(C)C)cc4)c3)nc2n1. The van der Waals surface area contributed by atoms with E-state index in [1.54, 1.807) is 48.5 Å². The number of amides is 2. The molecule has 0 bridgehead atoms. The Labute approximate surface area is 390 Å². The average Bonchev–Trinajstić information content (AvgIpc) is 3.32. The van der Waals surface area contributed by atoms with E-state index < -0.39 is 0 Å². The Kier molecular flexibility index (Phi) is 14.0. The second-order valence-electron chi connectivity index (χ2n) is 18.3. The topological polar surface area (TPSA) is 173 Å². The van der Waals surface area contributed by atoms with Crippen molar-refractivity contribution in [3.05, 3.63) is 101 Å². The van der Waals surface area contributed by atoms with E-state index in [0.29, 0.717) is 110 Å². The number of carbonyl (C=O) groups is 2. The molecule has 0 unspecified atom stereocenters. The highest BCUT2D eigenvalue weighted by Crippen LogP contribution is 2.55. The summed E-state index contributed by atoms with van der Waals surface area (Å²) in [5, 5.41) is 16.6. The molecule has 3 fully saturated rings. The summed E-state index contributed by atoms with van der Waals surface area (Å²) in [6.07, 6.45) is -0.207. The number of morpholine rings is 2. The van der Waals surface area contributed by atoms with Gasteiger partial charge in [-0.25, -0.2) is 4.98 Å². The lowest BCUT2D eigenvalue weighted by Gasteiger charge is -2.63. The largest absolute Gasteiger partial charge is 0.491 e. The van der Waals surface area contributed by atoms with Gasteiger partial charge in [0.05, 0.1) is 73.4 Å². The Morgan fingerprint density at radius 2 is 1.53 bits per heavy atom. The number of carbonyl (C=O) groups excluding carboxylic acids is 2. The molecule has 8 rings (SSSR count). The first-order chi connectivity index (χ1) is 31.7. The predicted molar refractivity (Wildman–Crippen MR) is 253 cm³/mol. The van der Waals surface area contributed by atoms with Gasteiger partial charge in [0.2, 0.25) is 5.95 Å². The summed E-state index contributed by atoms with van der Waals surface area (Å²) in [7, 11) is 0. The van der Waals surface area contributed by atoms with Crippen molar-refractivity contribution >= 4 is 46.2 Å². The third kappa shape index (κ3) is 9.88. The van der Waals surface area contributed by atoms with Crippen LogP contribution in [0.1, 0.15) is 67.8 Å². The van der Waals surface area contributed by atoms with Crippen LogP contribution in [0.2, 0.25) is 5.02 Å². The van der Waals surface area contributed by atoms with Crippen molar-refractivity contribution in [2.75, 3.05) is 75.7 Å². The number of pyridine rings is 1. The summed E-state index contributed by atoms with van der Waals surface area (Å²) in [6.45, 7) is 17.6. The number of hydrogen-bond acceptors (Lipinski definition) is 13. The summed E-state index contributed by atoms with van der Waals surface area (Å²) < 4.78 is 29.4. The van der Waals surface area contributed by atoms with Crippen LogP contribution in [-0.2, 0) is 14.2 Å². The minimum absolute atomic E-state index is 0.121. The first-order valence-electron chi connectivity index (χ1n) is 22.5. The standard InChI is InChI=1S/C50H57ClN8O7/c1-31-29-63-22-19-58(31)43-39-16-17-41(54-42(39)55-48(56-43)59-20-23-64-30-32(59)2)34-8-7-9-35(26-34)44(60)53-18-21-62-24-25-65-37-13-10-33(11-14-37)45(61)57-46-49(3,4)47(50(46,5)6)66-38-15-12-36(28-52)40(51)27-38/h7-17,26-27,31-32,46-47H,18-25,29-30H2,1-6H3,(H,53,60)(H,57,61)/t31-,32-,46?,47?/m1/s1. The van der Waals surface area contributed by atoms with Gasteiger partial charge in [-0.1, -0.05) is 51.4 Å². The van der Waals surface area contributed by atoms with Crippen LogP contribution in [0.25, 0.3) is 22.3 Å². The first-order valence-corrected chi connectivity index (χ1v) is 22.9. The molecule has 3 aliphatic rings. The molecule has 2 aliphatic heterocycles. The number of nitriles is 1. The summed E-state index contributed by atoms with van der Waals surface area (Å²) in [5.41, 5.74) is 2.73. The molecular weight excluding hydrogens is 860 g/mol. The van der Waals surface area contributed by atoms with Crippen molar-refractivity contribution in [2.24, 2.45) is 10.8 Å². The maximum atomic E-state index is 13.4. The van der Waals surface area contributed by atoms with Crippen LogP contribution < -0.4 is 29.9 Å². The number of ether oxygens (including phenoxy) is 5. The molecule has 5 aromatic rings. The Hall–Kier alpha value is -6.05. The summed E-state index contributed by atoms with van der Waals surface area (Å²) >= 11 is 6.24. The van der Waals surface area contributed by atoms with E-state index in [4.69, 9.17) is 50.2 Å². The minimum Gasteiger partial charge on any atom is -0.491 e. The van der Waals surface area contributed by atoms with E-state index >= 15 is 0 Å². The number of nitrogens with one attached hydrogen (secondary N) is 2. The zero-order valence-corrected chi connectivity index (χ0v) is 39.1. The first kappa shape index (κ1) is 46.5. The summed E-state index contributed by atoms with van der Waals surface area (Å²) in [6, 6.07) is 25.6. The van der Waals surface area contributed by atoms with E-state index in [1.807, 2.05) is 30.3 Å². The zero-order chi connectivity index (χ0) is 46.6. The molecule has 4 heterocycles. The van der Waals surface area contributed by atoms with Gasteiger partial charge in [-0.2, -0.15) is 15.2 Å². The van der Waals surface area contributed by atoms with Gasteiger partial charge >= 0.3 is 0 Å². The second-order valence-corrected chi connectivity index (χ2v) is 18.7. The van der Waals surface area contributed by atoms with Gasteiger partial charge in [-0.15, -0.1) is 0 Å². The van der Waals surface area contributed by atoms with E-state index in [-0.39, 0.29) is 46.9 Å². The van der Waals surface area contributed by atoms with Crippen molar-refractivity contribution in [3.63, 3.8) is 0 Å². The third-order valence-electron chi connectivity index (χ3n) is 12.8. The molecule has 2 N–H and O–H groups in total. The predicted octanol–water partition coefficient (Wildman–Crippen LogP) is 7.10. The summed E-state index contributed by atoms with van der Waals surface area (Å²) in [5.74, 6) is 2.25. The molecule has 2 aromatic heterocycles. The number of benzene rings is 3. The lowest BCUT2D eigenvalue weighted by Crippen LogP contribution is -2.74. The zero-order valence-electron chi connectivity index (χ0n) is 38.3. The molecule has 0 spiro atoms. The van der Waals surface area contributed by atoms with Gasteiger partial charge in [0.1, 0.15) is 36.1 Å². The molecule has 1 saturated carbocycles. The van der Waals surface area contributed by atoms with Crippen LogP contribution in [0, 0.1) is 22.2 Å². The van der Waals surface area contributed by atoms with Crippen molar-refractivity contribution < 1.29 is 33.3 Å². The van der Waals surface area contributed by atoms with Crippen molar-refractivity contribution in [1.82, 2.24) is 25.6 Å². The van der Waals surface area contributed by atoms with Gasteiger partial charge < -0.3 is 44.1 Å². The molecule has 3 aromatic carbocycles. The van der Waals surface area contributed by atoms with Gasteiger partial charge in [-0.05, 0) is 74.5 Å². The molecule has 66 heavy (non-hydrogen) atoms. The summed E-state index contributed by atoms with van der Waals surface area (Å²) in [4.78, 5) is 46.1. The Bertz CT molecular complexity index is 2590. The molecule has 346 valence electrons. The fourth-order valence-corrected chi connectivity index (χ4v) is 9.76. The van der Waals surface area contributed by atoms with Gasteiger partial charge in [0.25, 0.3) is 11.8 Å². The van der Waals surface area contributed by atoms with E-state index in [0.717, 1.165) is 23.3 Å². The smallest absolute Gasteiger partial charge is 0.251 e.